The number of nitrogens with zero attached hydrogens (tertiary/aromatic N) is 3. The van der Waals surface area contributed by atoms with Crippen molar-refractivity contribution in [3.8, 4) is 22.6 Å². The molecular formula is C42H38N4O4S. The number of thiazole rings is 1. The maximum absolute atomic E-state index is 13.6. The Hall–Kier alpha value is -5.67. The Morgan fingerprint density at radius 2 is 1.67 bits per heavy atom. The first kappa shape index (κ1) is 33.8. The van der Waals surface area contributed by atoms with Gasteiger partial charge in [0.1, 0.15) is 28.8 Å². The number of hydrogen-bond acceptors (Lipinski definition) is 8. The zero-order valence-electron chi connectivity index (χ0n) is 28.9. The van der Waals surface area contributed by atoms with Crippen LogP contribution in [0.3, 0.4) is 0 Å². The molecule has 2 aromatic heterocycles. The minimum Gasteiger partial charge on any atom is -0.457 e. The Labute approximate surface area is 301 Å². The first-order valence-electron chi connectivity index (χ1n) is 17.1. The Morgan fingerprint density at radius 3 is 2.45 bits per heavy atom. The van der Waals surface area contributed by atoms with Crippen LogP contribution in [0.25, 0.3) is 21.3 Å². The molecule has 6 aromatic rings. The van der Waals surface area contributed by atoms with Crippen molar-refractivity contribution in [1.82, 2.24) is 9.97 Å². The lowest BCUT2D eigenvalue weighted by molar-refractivity contribution is -0.117. The standard InChI is InChI=1S/C42H38N4O4S/c1-26(47)9-6-10-29-17-19-31(20-18-29)50-37-15-8-12-32(27(37)2)33-21-22-39(44-40(33)28(3)48)46-24-23-30-11-7-13-34(35(30)25-46)41(49)45-42-43-36-14-4-5-16-38(36)51-42/h4-5,7-8,11-22H,6,9-10,23-25H2,1-3H3,(H,43,45,49). The number of Topliss-reactive ketones (excluding diaryl/α,β-unsaturated/α-hetero) is 2. The summed E-state index contributed by atoms with van der Waals surface area (Å²) in [4.78, 5) is 49.6. The number of fused-ring (bicyclic) bond motifs is 2. The van der Waals surface area contributed by atoms with Gasteiger partial charge in [-0.05, 0) is 109 Å². The van der Waals surface area contributed by atoms with Crippen molar-refractivity contribution in [3.05, 3.63) is 131 Å². The number of amides is 1. The quantitative estimate of drug-likeness (QED) is 0.135. The fraction of sp³-hybridized carbons (Fsp3) is 0.214. The molecule has 1 aliphatic rings. The van der Waals surface area contributed by atoms with E-state index >= 15 is 0 Å². The van der Waals surface area contributed by atoms with Gasteiger partial charge in [0.25, 0.3) is 5.91 Å². The predicted molar refractivity (Wildman–Crippen MR) is 203 cm³/mol. The third-order valence-electron chi connectivity index (χ3n) is 9.29. The molecule has 9 heteroatoms. The van der Waals surface area contributed by atoms with E-state index in [1.54, 1.807) is 13.8 Å². The average Bonchev–Trinajstić information content (AvgIpc) is 3.54. The van der Waals surface area contributed by atoms with Gasteiger partial charge < -0.3 is 14.4 Å². The van der Waals surface area contributed by atoms with Crippen LogP contribution in [0.4, 0.5) is 10.9 Å². The van der Waals surface area contributed by atoms with Gasteiger partial charge in [-0.2, -0.15) is 0 Å². The Morgan fingerprint density at radius 1 is 0.863 bits per heavy atom. The van der Waals surface area contributed by atoms with Gasteiger partial charge in [0.15, 0.2) is 10.9 Å². The molecule has 4 aromatic carbocycles. The second-order valence-corrected chi connectivity index (χ2v) is 13.9. The van der Waals surface area contributed by atoms with Gasteiger partial charge in [0, 0.05) is 37.6 Å². The zero-order valence-corrected chi connectivity index (χ0v) is 29.7. The van der Waals surface area contributed by atoms with Gasteiger partial charge >= 0.3 is 0 Å². The van der Waals surface area contributed by atoms with Gasteiger partial charge in [-0.1, -0.05) is 59.9 Å². The summed E-state index contributed by atoms with van der Waals surface area (Å²) in [6.07, 6.45) is 3.00. The summed E-state index contributed by atoms with van der Waals surface area (Å²) in [5.41, 5.74) is 7.59. The van der Waals surface area contributed by atoms with Gasteiger partial charge in [0.2, 0.25) is 0 Å². The number of pyridine rings is 1. The fourth-order valence-electron chi connectivity index (χ4n) is 6.60. The van der Waals surface area contributed by atoms with Crippen LogP contribution in [-0.4, -0.2) is 34.0 Å². The largest absolute Gasteiger partial charge is 0.457 e. The number of anilines is 2. The van der Waals surface area contributed by atoms with Crippen LogP contribution in [0, 0.1) is 6.92 Å². The number of nitrogens with one attached hydrogen (secondary N) is 1. The van der Waals surface area contributed by atoms with Crippen molar-refractivity contribution < 1.29 is 19.1 Å². The van der Waals surface area contributed by atoms with Crippen LogP contribution in [0.5, 0.6) is 11.5 Å². The second kappa shape index (κ2) is 14.7. The smallest absolute Gasteiger partial charge is 0.257 e. The number of ketones is 2. The van der Waals surface area contributed by atoms with Gasteiger partial charge in [-0.3, -0.25) is 14.9 Å². The second-order valence-electron chi connectivity index (χ2n) is 12.9. The molecule has 0 radical (unpaired) electrons. The molecule has 0 unspecified atom stereocenters. The average molecular weight is 695 g/mol. The van der Waals surface area contributed by atoms with Crippen molar-refractivity contribution in [2.24, 2.45) is 0 Å². The highest BCUT2D eigenvalue weighted by molar-refractivity contribution is 7.22. The number of para-hydroxylation sites is 1. The minimum absolute atomic E-state index is 0.133. The van der Waals surface area contributed by atoms with E-state index in [9.17, 15) is 14.4 Å². The molecule has 3 heterocycles. The summed E-state index contributed by atoms with van der Waals surface area (Å²) < 4.78 is 7.32. The summed E-state index contributed by atoms with van der Waals surface area (Å²) in [5.74, 6) is 1.97. The van der Waals surface area contributed by atoms with Crippen LogP contribution in [0.1, 0.15) is 69.8 Å². The van der Waals surface area contributed by atoms with E-state index in [-0.39, 0.29) is 17.5 Å². The SMILES string of the molecule is CC(=O)CCCc1ccc(Oc2cccc(-c3ccc(N4CCc5cccc(C(=O)Nc6nc7ccccc7s6)c5C4)nc3C(C)=O)c2C)cc1. The maximum Gasteiger partial charge on any atom is 0.257 e. The monoisotopic (exact) mass is 694 g/mol. The molecule has 0 bridgehead atoms. The number of aryl methyl sites for hydroxylation is 1. The van der Waals surface area contributed by atoms with Crippen molar-refractivity contribution in [2.75, 3.05) is 16.8 Å². The molecule has 1 N–H and O–H groups in total. The number of aromatic nitrogens is 2. The van der Waals surface area contributed by atoms with Crippen LogP contribution < -0.4 is 15.0 Å². The summed E-state index contributed by atoms with van der Waals surface area (Å²) >= 11 is 1.45. The molecule has 51 heavy (non-hydrogen) atoms. The van der Waals surface area contributed by atoms with Crippen molar-refractivity contribution >= 4 is 50.0 Å². The fourth-order valence-corrected chi connectivity index (χ4v) is 7.46. The predicted octanol–water partition coefficient (Wildman–Crippen LogP) is 9.39. The van der Waals surface area contributed by atoms with Gasteiger partial charge in [0.05, 0.1) is 10.2 Å². The third-order valence-corrected chi connectivity index (χ3v) is 10.2. The van der Waals surface area contributed by atoms with Crippen LogP contribution in [-0.2, 0) is 24.2 Å². The normalized spacial score (nSPS) is 12.4. The zero-order chi connectivity index (χ0) is 35.5. The third kappa shape index (κ3) is 7.44. The number of rotatable bonds is 11. The molecule has 0 spiro atoms. The van der Waals surface area contributed by atoms with Crippen molar-refractivity contribution in [2.45, 2.75) is 53.0 Å². The molecule has 1 aliphatic heterocycles. The van der Waals surface area contributed by atoms with E-state index in [0.29, 0.717) is 53.2 Å². The molecular weight excluding hydrogens is 657 g/mol. The lowest BCUT2D eigenvalue weighted by Gasteiger charge is -2.31. The molecule has 0 saturated heterocycles. The van der Waals surface area contributed by atoms with E-state index in [1.807, 2.05) is 97.9 Å². The molecule has 0 saturated carbocycles. The molecule has 7 rings (SSSR count). The van der Waals surface area contributed by atoms with Crippen LogP contribution in [0.2, 0.25) is 0 Å². The number of hydrogen-bond donors (Lipinski definition) is 1. The molecule has 0 fully saturated rings. The lowest BCUT2D eigenvalue weighted by atomic mass is 9.94. The topological polar surface area (TPSA) is 101 Å². The highest BCUT2D eigenvalue weighted by atomic mass is 32.1. The summed E-state index contributed by atoms with van der Waals surface area (Å²) in [5, 5.41) is 3.57. The number of carbonyl (C=O) groups is 3. The molecule has 0 atom stereocenters. The van der Waals surface area contributed by atoms with Gasteiger partial charge in [-0.25, -0.2) is 9.97 Å². The van der Waals surface area contributed by atoms with Crippen molar-refractivity contribution in [3.63, 3.8) is 0 Å². The maximum atomic E-state index is 13.6. The Kier molecular flexibility index (Phi) is 9.72. The highest BCUT2D eigenvalue weighted by Gasteiger charge is 2.25. The summed E-state index contributed by atoms with van der Waals surface area (Å²) in [7, 11) is 0. The van der Waals surface area contributed by atoms with E-state index in [4.69, 9.17) is 9.72 Å². The molecule has 1 amide bonds. The molecule has 8 nitrogen and oxygen atoms in total. The lowest BCUT2D eigenvalue weighted by Crippen LogP contribution is -2.33. The first-order valence-corrected chi connectivity index (χ1v) is 18.0. The molecule has 256 valence electrons. The van der Waals surface area contributed by atoms with E-state index in [1.165, 1.54) is 11.3 Å². The highest BCUT2D eigenvalue weighted by Crippen LogP contribution is 2.36. The van der Waals surface area contributed by atoms with E-state index in [0.717, 1.165) is 62.9 Å². The Bertz CT molecular complexity index is 2240. The van der Waals surface area contributed by atoms with Crippen LogP contribution in [0.15, 0.2) is 97.1 Å². The summed E-state index contributed by atoms with van der Waals surface area (Å²) in [6.45, 7) is 6.34. The van der Waals surface area contributed by atoms with Crippen molar-refractivity contribution in [1.29, 1.82) is 0 Å². The molecule has 0 aliphatic carbocycles. The minimum atomic E-state index is -0.196. The van der Waals surface area contributed by atoms with Gasteiger partial charge in [-0.15, -0.1) is 0 Å². The van der Waals surface area contributed by atoms with E-state index < -0.39 is 0 Å². The Balaban J connectivity index is 1.11. The van der Waals surface area contributed by atoms with E-state index in [2.05, 4.69) is 21.3 Å². The number of benzene rings is 4. The number of ether oxygens (including phenoxy) is 1. The number of carbonyl (C=O) groups excluding carboxylic acids is 3. The first-order chi connectivity index (χ1) is 24.7. The van der Waals surface area contributed by atoms with Crippen LogP contribution >= 0.6 is 11.3 Å². The summed E-state index contributed by atoms with van der Waals surface area (Å²) in [6, 6.07) is 31.4.